The van der Waals surface area contributed by atoms with E-state index in [0.717, 1.165) is 30.3 Å². The molecule has 0 aliphatic carbocycles. The summed E-state index contributed by atoms with van der Waals surface area (Å²) in [7, 11) is 4.29. The van der Waals surface area contributed by atoms with Crippen LogP contribution in [0.4, 0.5) is 11.4 Å². The van der Waals surface area contributed by atoms with Gasteiger partial charge in [0.25, 0.3) is 5.91 Å². The van der Waals surface area contributed by atoms with Crippen LogP contribution in [0.5, 0.6) is 5.75 Å². The van der Waals surface area contributed by atoms with Crippen LogP contribution >= 0.6 is 0 Å². The molecule has 0 radical (unpaired) electrons. The lowest BCUT2D eigenvalue weighted by atomic mass is 9.96. The molecule has 1 N–H and O–H groups in total. The predicted octanol–water partition coefficient (Wildman–Crippen LogP) is 4.18. The average Bonchev–Trinajstić information content (AvgIpc) is 2.70. The van der Waals surface area contributed by atoms with Crippen molar-refractivity contribution < 1.29 is 9.53 Å². The Balaban J connectivity index is 1.49. The van der Waals surface area contributed by atoms with Crippen molar-refractivity contribution in [2.24, 2.45) is 5.92 Å². The number of anilines is 2. The van der Waals surface area contributed by atoms with Crippen LogP contribution in [0.15, 0.2) is 48.5 Å². The van der Waals surface area contributed by atoms with Gasteiger partial charge in [-0.15, -0.1) is 0 Å². The number of amides is 1. The van der Waals surface area contributed by atoms with E-state index in [1.54, 1.807) is 6.92 Å². The Morgan fingerprint density at radius 3 is 2.31 bits per heavy atom. The Kier molecular flexibility index (Phi) is 7.15. The fourth-order valence-corrected chi connectivity index (χ4v) is 3.76. The van der Waals surface area contributed by atoms with Crippen molar-refractivity contribution in [2.45, 2.75) is 32.8 Å². The Hall–Kier alpha value is -2.53. The molecule has 0 saturated carbocycles. The quantitative estimate of drug-likeness (QED) is 0.764. The topological polar surface area (TPSA) is 44.8 Å². The van der Waals surface area contributed by atoms with Crippen LogP contribution in [0.3, 0.4) is 0 Å². The molecule has 1 saturated heterocycles. The molecule has 5 nitrogen and oxygen atoms in total. The SMILES string of the molecule is Cc1ccc(OC(C)C(=O)Nc2ccc(N3CCC(CN(C)C)CC3)cc2)cc1. The Bertz CT molecular complexity index is 779. The van der Waals surface area contributed by atoms with Crippen molar-refractivity contribution in [1.29, 1.82) is 0 Å². The molecule has 2 aromatic carbocycles. The lowest BCUT2D eigenvalue weighted by molar-refractivity contribution is -0.122. The molecule has 5 heteroatoms. The van der Waals surface area contributed by atoms with Gasteiger partial charge in [-0.3, -0.25) is 4.79 Å². The summed E-state index contributed by atoms with van der Waals surface area (Å²) >= 11 is 0. The number of carbonyl (C=O) groups excluding carboxylic acids is 1. The Morgan fingerprint density at radius 2 is 1.72 bits per heavy atom. The molecule has 1 aliphatic heterocycles. The van der Waals surface area contributed by atoms with E-state index < -0.39 is 6.10 Å². The van der Waals surface area contributed by atoms with E-state index in [9.17, 15) is 4.79 Å². The van der Waals surface area contributed by atoms with Crippen molar-refractivity contribution in [3.8, 4) is 5.75 Å². The summed E-state index contributed by atoms with van der Waals surface area (Å²) in [6, 6.07) is 15.8. The number of piperidine rings is 1. The zero-order valence-electron chi connectivity index (χ0n) is 18.0. The maximum Gasteiger partial charge on any atom is 0.265 e. The van der Waals surface area contributed by atoms with Crippen LogP contribution in [0, 0.1) is 12.8 Å². The summed E-state index contributed by atoms with van der Waals surface area (Å²) in [4.78, 5) is 17.2. The van der Waals surface area contributed by atoms with Crippen molar-refractivity contribution in [1.82, 2.24) is 4.90 Å². The summed E-state index contributed by atoms with van der Waals surface area (Å²) in [5, 5.41) is 2.94. The van der Waals surface area contributed by atoms with Gasteiger partial charge in [0.05, 0.1) is 0 Å². The smallest absolute Gasteiger partial charge is 0.265 e. The molecular formula is C24H33N3O2. The first-order chi connectivity index (χ1) is 13.9. The van der Waals surface area contributed by atoms with Gasteiger partial charge in [0, 0.05) is 31.0 Å². The maximum absolute atomic E-state index is 12.4. The molecule has 156 valence electrons. The van der Waals surface area contributed by atoms with E-state index in [0.29, 0.717) is 5.75 Å². The van der Waals surface area contributed by atoms with Crippen LogP contribution in [-0.2, 0) is 4.79 Å². The molecule has 1 unspecified atom stereocenters. The van der Waals surface area contributed by atoms with Crippen LogP contribution in [0.1, 0.15) is 25.3 Å². The van der Waals surface area contributed by atoms with Gasteiger partial charge >= 0.3 is 0 Å². The highest BCUT2D eigenvalue weighted by atomic mass is 16.5. The zero-order chi connectivity index (χ0) is 20.8. The van der Waals surface area contributed by atoms with Crippen LogP contribution in [-0.4, -0.2) is 50.6 Å². The van der Waals surface area contributed by atoms with Gasteiger partial charge in [-0.25, -0.2) is 0 Å². The summed E-state index contributed by atoms with van der Waals surface area (Å²) in [5.41, 5.74) is 3.17. The third kappa shape index (κ3) is 6.23. The number of hydrogen-bond donors (Lipinski definition) is 1. The van der Waals surface area contributed by atoms with Gasteiger partial charge in [-0.05, 0) is 83.1 Å². The molecule has 1 amide bonds. The fraction of sp³-hybridized carbons (Fsp3) is 0.458. The predicted molar refractivity (Wildman–Crippen MR) is 120 cm³/mol. The minimum absolute atomic E-state index is 0.150. The summed E-state index contributed by atoms with van der Waals surface area (Å²) in [6.45, 7) is 7.13. The van der Waals surface area contributed by atoms with Crippen molar-refractivity contribution in [2.75, 3.05) is 43.9 Å². The van der Waals surface area contributed by atoms with E-state index >= 15 is 0 Å². The molecule has 1 atom stereocenters. The molecule has 1 heterocycles. The molecule has 0 aromatic heterocycles. The molecule has 0 bridgehead atoms. The third-order valence-corrected chi connectivity index (χ3v) is 5.44. The molecular weight excluding hydrogens is 362 g/mol. The van der Waals surface area contributed by atoms with E-state index in [2.05, 4.69) is 41.3 Å². The van der Waals surface area contributed by atoms with Gasteiger partial charge in [-0.1, -0.05) is 17.7 Å². The van der Waals surface area contributed by atoms with Crippen LogP contribution in [0.25, 0.3) is 0 Å². The number of nitrogens with one attached hydrogen (secondary N) is 1. The lowest BCUT2D eigenvalue weighted by Gasteiger charge is -2.34. The number of carbonyl (C=O) groups is 1. The highest BCUT2D eigenvalue weighted by molar-refractivity contribution is 5.94. The molecule has 29 heavy (non-hydrogen) atoms. The van der Waals surface area contributed by atoms with Gasteiger partial charge in [0.1, 0.15) is 5.75 Å². The normalized spacial score (nSPS) is 16.0. The Morgan fingerprint density at radius 1 is 1.10 bits per heavy atom. The summed E-state index contributed by atoms with van der Waals surface area (Å²) in [6.07, 6.45) is 1.89. The second-order valence-electron chi connectivity index (χ2n) is 8.30. The number of aryl methyl sites for hydroxylation is 1. The van der Waals surface area contributed by atoms with Gasteiger partial charge in [0.15, 0.2) is 6.10 Å². The number of ether oxygens (including phenoxy) is 1. The van der Waals surface area contributed by atoms with Gasteiger partial charge < -0.3 is 19.9 Å². The first-order valence-electron chi connectivity index (χ1n) is 10.4. The van der Waals surface area contributed by atoms with E-state index in [1.165, 1.54) is 25.1 Å². The highest BCUT2D eigenvalue weighted by Crippen LogP contribution is 2.25. The summed E-state index contributed by atoms with van der Waals surface area (Å²) in [5.74, 6) is 1.34. The van der Waals surface area contributed by atoms with Crippen LogP contribution in [0.2, 0.25) is 0 Å². The number of nitrogens with zero attached hydrogens (tertiary/aromatic N) is 2. The standard InChI is InChI=1S/C24H33N3O2/c1-18-5-11-23(12-6-18)29-19(2)24(28)25-21-7-9-22(10-8-21)27-15-13-20(14-16-27)17-26(3)4/h5-12,19-20H,13-17H2,1-4H3,(H,25,28). The van der Waals surface area contributed by atoms with Crippen molar-refractivity contribution in [3.63, 3.8) is 0 Å². The largest absolute Gasteiger partial charge is 0.481 e. The minimum Gasteiger partial charge on any atom is -0.481 e. The minimum atomic E-state index is -0.562. The molecule has 1 aliphatic rings. The maximum atomic E-state index is 12.4. The van der Waals surface area contributed by atoms with E-state index in [-0.39, 0.29) is 5.91 Å². The Labute approximate surface area is 174 Å². The number of benzene rings is 2. The summed E-state index contributed by atoms with van der Waals surface area (Å²) < 4.78 is 5.74. The molecule has 0 spiro atoms. The first kappa shape index (κ1) is 21.2. The average molecular weight is 396 g/mol. The zero-order valence-corrected chi connectivity index (χ0v) is 18.0. The van der Waals surface area contributed by atoms with Crippen molar-refractivity contribution >= 4 is 17.3 Å². The van der Waals surface area contributed by atoms with Gasteiger partial charge in [0.2, 0.25) is 0 Å². The second kappa shape index (κ2) is 9.79. The van der Waals surface area contributed by atoms with Gasteiger partial charge in [-0.2, -0.15) is 0 Å². The lowest BCUT2D eigenvalue weighted by Crippen LogP contribution is -2.37. The van der Waals surface area contributed by atoms with E-state index in [1.807, 2.05) is 43.3 Å². The molecule has 2 aromatic rings. The third-order valence-electron chi connectivity index (χ3n) is 5.44. The van der Waals surface area contributed by atoms with Crippen LogP contribution < -0.4 is 15.0 Å². The number of rotatable bonds is 7. The molecule has 3 rings (SSSR count). The van der Waals surface area contributed by atoms with E-state index in [4.69, 9.17) is 4.74 Å². The van der Waals surface area contributed by atoms with Crippen molar-refractivity contribution in [3.05, 3.63) is 54.1 Å². The monoisotopic (exact) mass is 395 g/mol. The molecule has 1 fully saturated rings. The number of hydrogen-bond acceptors (Lipinski definition) is 4. The second-order valence-corrected chi connectivity index (χ2v) is 8.30. The highest BCUT2D eigenvalue weighted by Gasteiger charge is 2.20. The fourth-order valence-electron chi connectivity index (χ4n) is 3.76. The first-order valence-corrected chi connectivity index (χ1v) is 10.4.